The Labute approximate surface area is 183 Å². The van der Waals surface area contributed by atoms with E-state index in [0.29, 0.717) is 29.6 Å². The second kappa shape index (κ2) is 9.45. The molecule has 0 saturated carbocycles. The minimum atomic E-state index is -1.07. The number of anilines is 1. The van der Waals surface area contributed by atoms with E-state index >= 15 is 0 Å². The van der Waals surface area contributed by atoms with E-state index in [-0.39, 0.29) is 12.2 Å². The molecule has 0 fully saturated rings. The molecule has 0 aliphatic heterocycles. The topological polar surface area (TPSA) is 115 Å². The van der Waals surface area contributed by atoms with Crippen molar-refractivity contribution in [2.45, 2.75) is 6.42 Å². The highest BCUT2D eigenvalue weighted by Crippen LogP contribution is 2.18. The Hall–Kier alpha value is -4.64. The zero-order chi connectivity index (χ0) is 22.3. The Morgan fingerprint density at radius 2 is 1.84 bits per heavy atom. The summed E-state index contributed by atoms with van der Waals surface area (Å²) in [5.74, 6) is -0.253. The number of aromatic nitrogens is 2. The summed E-state index contributed by atoms with van der Waals surface area (Å²) < 4.78 is 11.1. The predicted octanol–water partition coefficient (Wildman–Crippen LogP) is 3.64. The van der Waals surface area contributed by atoms with E-state index in [1.54, 1.807) is 24.3 Å². The van der Waals surface area contributed by atoms with Crippen molar-refractivity contribution in [3.8, 4) is 17.2 Å². The van der Waals surface area contributed by atoms with E-state index in [4.69, 9.17) is 14.3 Å². The molecule has 4 rings (SSSR count). The summed E-state index contributed by atoms with van der Waals surface area (Å²) in [5, 5.41) is 19.7. The number of hydrogen-bond acceptors (Lipinski definition) is 6. The number of rotatable bonds is 8. The van der Waals surface area contributed by atoms with Crippen molar-refractivity contribution in [2.75, 3.05) is 11.9 Å². The summed E-state index contributed by atoms with van der Waals surface area (Å²) in [6, 6.07) is 24.7. The molecule has 0 radical (unpaired) electrons. The zero-order valence-electron chi connectivity index (χ0n) is 16.7. The molecule has 8 nitrogen and oxygen atoms in total. The summed E-state index contributed by atoms with van der Waals surface area (Å²) in [6.45, 7) is -0.259. The highest BCUT2D eigenvalue weighted by Gasteiger charge is 2.10. The average Bonchev–Trinajstić information content (AvgIpc) is 3.28. The summed E-state index contributed by atoms with van der Waals surface area (Å²) in [4.78, 5) is 23.1. The third-order valence-electron chi connectivity index (χ3n) is 4.36. The highest BCUT2D eigenvalue weighted by atomic mass is 16.5. The first-order valence-corrected chi connectivity index (χ1v) is 9.63. The van der Waals surface area contributed by atoms with Crippen LogP contribution in [0, 0.1) is 12.1 Å². The maximum absolute atomic E-state index is 12.1. The molecule has 2 N–H and O–H groups in total. The Bertz CT molecular complexity index is 1220. The first-order valence-electron chi connectivity index (χ1n) is 9.63. The second-order valence-corrected chi connectivity index (χ2v) is 6.74. The first-order chi connectivity index (χ1) is 15.6. The lowest BCUT2D eigenvalue weighted by Crippen LogP contribution is -2.20. The van der Waals surface area contributed by atoms with Crippen LogP contribution >= 0.6 is 0 Å². The fraction of sp³-hybridized carbons (Fsp3) is 0.0833. The molecule has 0 atom stereocenters. The van der Waals surface area contributed by atoms with Gasteiger partial charge in [-0.15, -0.1) is 10.2 Å². The van der Waals surface area contributed by atoms with Crippen LogP contribution in [-0.4, -0.2) is 33.8 Å². The second-order valence-electron chi connectivity index (χ2n) is 6.74. The fourth-order valence-corrected chi connectivity index (χ4v) is 2.84. The molecule has 3 aromatic carbocycles. The fourth-order valence-electron chi connectivity index (χ4n) is 2.84. The van der Waals surface area contributed by atoms with E-state index in [9.17, 15) is 9.59 Å². The van der Waals surface area contributed by atoms with Crippen molar-refractivity contribution >= 4 is 17.6 Å². The van der Waals surface area contributed by atoms with Gasteiger partial charge in [-0.05, 0) is 48.5 Å². The molecule has 1 aromatic heterocycles. The number of nitrogens with one attached hydrogen (secondary N) is 1. The Morgan fingerprint density at radius 1 is 1.00 bits per heavy atom. The number of aromatic carboxylic acids is 1. The number of ether oxygens (including phenoxy) is 1. The molecule has 8 heteroatoms. The van der Waals surface area contributed by atoms with Gasteiger partial charge in [-0.2, -0.15) is 0 Å². The molecular formula is C24H17N3O5. The lowest BCUT2D eigenvalue weighted by molar-refractivity contribution is -0.118. The standard InChI is InChI=1S/C24H17N3O5/c28-21(25-19-8-4-7-18(14-19)24(29)30)15-31-20-11-9-16(10-12-20)13-22-26-27-23(32-22)17-5-2-1-3-6-17/h1-9,11,14H,13,15H2,(H,25,28)(H,29,30). The number of benzene rings is 2. The Morgan fingerprint density at radius 3 is 2.59 bits per heavy atom. The van der Waals surface area contributed by atoms with Crippen LogP contribution in [0.4, 0.5) is 5.69 Å². The summed E-state index contributed by atoms with van der Waals surface area (Å²) in [5.41, 5.74) is 2.08. The molecule has 1 amide bonds. The van der Waals surface area contributed by atoms with Crippen LogP contribution in [0.2, 0.25) is 0 Å². The van der Waals surface area contributed by atoms with Crippen LogP contribution in [0.15, 0.2) is 71.1 Å². The lowest BCUT2D eigenvalue weighted by Gasteiger charge is -2.07. The van der Waals surface area contributed by atoms with Crippen molar-refractivity contribution in [2.24, 2.45) is 0 Å². The normalized spacial score (nSPS) is 10.2. The molecule has 1 heterocycles. The molecule has 0 unspecified atom stereocenters. The van der Waals surface area contributed by atoms with Gasteiger partial charge in [-0.3, -0.25) is 4.79 Å². The van der Waals surface area contributed by atoms with Crippen molar-refractivity contribution in [1.82, 2.24) is 10.2 Å². The van der Waals surface area contributed by atoms with Gasteiger partial charge in [0.25, 0.3) is 5.91 Å². The van der Waals surface area contributed by atoms with Crippen LogP contribution in [-0.2, 0) is 11.2 Å². The number of nitrogens with zero attached hydrogens (tertiary/aromatic N) is 2. The van der Waals surface area contributed by atoms with E-state index in [2.05, 4.69) is 27.6 Å². The minimum absolute atomic E-state index is 0.0828. The first kappa shape index (κ1) is 20.6. The number of carboxylic acids is 1. The number of carbonyl (C=O) groups is 2. The van der Waals surface area contributed by atoms with Crippen molar-refractivity contribution < 1.29 is 23.8 Å². The van der Waals surface area contributed by atoms with Crippen molar-refractivity contribution in [3.63, 3.8) is 0 Å². The molecule has 158 valence electrons. The maximum atomic E-state index is 12.1. The third kappa shape index (κ3) is 5.29. The van der Waals surface area contributed by atoms with E-state index < -0.39 is 11.9 Å². The molecular weight excluding hydrogens is 410 g/mol. The number of carboxylic acid groups (broad SMARTS) is 1. The average molecular weight is 427 g/mol. The van der Waals surface area contributed by atoms with Crippen LogP contribution in [0.25, 0.3) is 11.5 Å². The molecule has 32 heavy (non-hydrogen) atoms. The summed E-state index contributed by atoms with van der Waals surface area (Å²) in [6.07, 6.45) is 0.386. The number of amides is 1. The quantitative estimate of drug-likeness (QED) is 0.441. The van der Waals surface area contributed by atoms with E-state index in [1.165, 1.54) is 12.1 Å². The van der Waals surface area contributed by atoms with Crippen LogP contribution in [0.3, 0.4) is 0 Å². The highest BCUT2D eigenvalue weighted by molar-refractivity contribution is 5.94. The molecule has 0 aliphatic rings. The molecule has 0 spiro atoms. The largest absolute Gasteiger partial charge is 0.478 e. The van der Waals surface area contributed by atoms with Gasteiger partial charge in [0.1, 0.15) is 0 Å². The van der Waals surface area contributed by atoms with E-state index in [0.717, 1.165) is 11.1 Å². The predicted molar refractivity (Wildman–Crippen MR) is 114 cm³/mol. The van der Waals surface area contributed by atoms with E-state index in [1.807, 2.05) is 30.3 Å². The van der Waals surface area contributed by atoms with Crippen LogP contribution in [0.1, 0.15) is 21.8 Å². The zero-order valence-corrected chi connectivity index (χ0v) is 16.7. The van der Waals surface area contributed by atoms with Gasteiger partial charge in [0.05, 0.1) is 12.0 Å². The number of carbonyl (C=O) groups excluding carboxylic acids is 1. The molecule has 4 aromatic rings. The monoisotopic (exact) mass is 427 g/mol. The minimum Gasteiger partial charge on any atom is -0.478 e. The number of hydrogen-bond donors (Lipinski definition) is 2. The van der Waals surface area contributed by atoms with Gasteiger partial charge in [-0.1, -0.05) is 30.3 Å². The van der Waals surface area contributed by atoms with Gasteiger partial charge in [-0.25, -0.2) is 4.79 Å². The summed E-state index contributed by atoms with van der Waals surface area (Å²) >= 11 is 0. The Balaban J connectivity index is 1.29. The van der Waals surface area contributed by atoms with Gasteiger partial charge >= 0.3 is 5.97 Å². The van der Waals surface area contributed by atoms with Crippen molar-refractivity contribution in [1.29, 1.82) is 0 Å². The lowest BCUT2D eigenvalue weighted by atomic mass is 10.2. The molecule has 0 bridgehead atoms. The Kier molecular flexibility index (Phi) is 6.09. The smallest absolute Gasteiger partial charge is 0.335 e. The molecule has 0 aliphatic carbocycles. The molecule has 0 saturated heterocycles. The SMILES string of the molecule is O=C(COc1c#cc(Cc2nnc(-c3ccccc3)o2)cc1)Nc1cccc(C(=O)O)c1. The van der Waals surface area contributed by atoms with Gasteiger partial charge < -0.3 is 19.6 Å². The summed E-state index contributed by atoms with van der Waals surface area (Å²) in [7, 11) is 0. The maximum Gasteiger partial charge on any atom is 0.335 e. The van der Waals surface area contributed by atoms with Gasteiger partial charge in [0.2, 0.25) is 11.8 Å². The van der Waals surface area contributed by atoms with Crippen LogP contribution < -0.4 is 10.1 Å². The van der Waals surface area contributed by atoms with Gasteiger partial charge in [0.15, 0.2) is 12.4 Å². The van der Waals surface area contributed by atoms with Gasteiger partial charge in [0, 0.05) is 16.8 Å². The third-order valence-corrected chi connectivity index (χ3v) is 4.36. The van der Waals surface area contributed by atoms with Crippen molar-refractivity contribution in [3.05, 3.63) is 95.9 Å². The van der Waals surface area contributed by atoms with Crippen LogP contribution in [0.5, 0.6) is 5.75 Å².